The Morgan fingerprint density at radius 3 is 2.76 bits per heavy atom. The molecule has 0 heterocycles. The molecule has 17 heavy (non-hydrogen) atoms. The smallest absolute Gasteiger partial charge is 0.157 e. The fourth-order valence-electron chi connectivity index (χ4n) is 2.28. The predicted octanol–water partition coefficient (Wildman–Crippen LogP) is 2.47. The van der Waals surface area contributed by atoms with Crippen LogP contribution in [0.15, 0.2) is 18.2 Å². The summed E-state index contributed by atoms with van der Waals surface area (Å²) >= 11 is 1.95. The minimum atomic E-state index is -0.0583. The minimum absolute atomic E-state index is 0.0438. The van der Waals surface area contributed by atoms with Gasteiger partial charge >= 0.3 is 0 Å². The van der Waals surface area contributed by atoms with Crippen LogP contribution < -0.4 is 5.32 Å². The summed E-state index contributed by atoms with van der Waals surface area (Å²) in [5.41, 5.74) is 1.01. The highest BCUT2D eigenvalue weighted by Gasteiger charge is 2.23. The molecule has 2 atom stereocenters. The Balaban J connectivity index is 1.84. The first-order chi connectivity index (χ1) is 8.19. The molecule has 1 aliphatic carbocycles. The van der Waals surface area contributed by atoms with E-state index in [1.54, 1.807) is 6.07 Å². The summed E-state index contributed by atoms with van der Waals surface area (Å²) in [5, 5.41) is 22.9. The Morgan fingerprint density at radius 1 is 1.29 bits per heavy atom. The fraction of sp³-hybridized carbons (Fsp3) is 0.538. The van der Waals surface area contributed by atoms with E-state index in [0.717, 1.165) is 17.4 Å². The van der Waals surface area contributed by atoms with E-state index in [1.807, 2.05) is 17.8 Å². The first kappa shape index (κ1) is 12.6. The van der Waals surface area contributed by atoms with E-state index in [2.05, 4.69) is 11.6 Å². The van der Waals surface area contributed by atoms with Gasteiger partial charge in [0.1, 0.15) is 0 Å². The summed E-state index contributed by atoms with van der Waals surface area (Å²) in [4.78, 5) is 0. The summed E-state index contributed by atoms with van der Waals surface area (Å²) in [5.74, 6) is -0.102. The minimum Gasteiger partial charge on any atom is -0.504 e. The number of phenols is 2. The lowest BCUT2D eigenvalue weighted by atomic mass is 10.2. The number of rotatable bonds is 4. The Bertz CT molecular complexity index is 384. The molecule has 3 nitrogen and oxygen atoms in total. The van der Waals surface area contributed by atoms with Crippen molar-refractivity contribution in [2.45, 2.75) is 37.1 Å². The molecule has 0 spiro atoms. The SMILES string of the molecule is CSC1CCC(NCc2ccc(O)c(O)c2)C1. The van der Waals surface area contributed by atoms with Crippen molar-refractivity contribution in [1.82, 2.24) is 5.32 Å². The van der Waals surface area contributed by atoms with Crippen LogP contribution >= 0.6 is 11.8 Å². The molecule has 1 aliphatic rings. The van der Waals surface area contributed by atoms with Crippen LogP contribution in [0.1, 0.15) is 24.8 Å². The summed E-state index contributed by atoms with van der Waals surface area (Å²) in [6.07, 6.45) is 5.92. The van der Waals surface area contributed by atoms with Gasteiger partial charge in [-0.15, -0.1) is 0 Å². The Kier molecular flexibility index (Phi) is 4.18. The number of hydrogen-bond acceptors (Lipinski definition) is 4. The van der Waals surface area contributed by atoms with Crippen molar-refractivity contribution in [3.63, 3.8) is 0 Å². The van der Waals surface area contributed by atoms with Gasteiger partial charge in [-0.3, -0.25) is 0 Å². The molecule has 4 heteroatoms. The van der Waals surface area contributed by atoms with Crippen molar-refractivity contribution in [3.05, 3.63) is 23.8 Å². The topological polar surface area (TPSA) is 52.5 Å². The normalized spacial score (nSPS) is 24.1. The molecular formula is C13H19NO2S. The number of benzene rings is 1. The maximum absolute atomic E-state index is 9.39. The quantitative estimate of drug-likeness (QED) is 0.722. The largest absolute Gasteiger partial charge is 0.504 e. The Hall–Kier alpha value is -0.870. The molecule has 2 rings (SSSR count). The second-order valence-electron chi connectivity index (χ2n) is 4.57. The van der Waals surface area contributed by atoms with E-state index >= 15 is 0 Å². The third-order valence-corrected chi connectivity index (χ3v) is 4.45. The van der Waals surface area contributed by atoms with Crippen LogP contribution in [0.3, 0.4) is 0 Å². The third-order valence-electron chi connectivity index (χ3n) is 3.35. The number of aromatic hydroxyl groups is 2. The van der Waals surface area contributed by atoms with Crippen molar-refractivity contribution >= 4 is 11.8 Å². The number of nitrogens with one attached hydrogen (secondary N) is 1. The molecule has 1 saturated carbocycles. The molecule has 0 amide bonds. The molecule has 1 aromatic carbocycles. The zero-order chi connectivity index (χ0) is 12.3. The lowest BCUT2D eigenvalue weighted by Gasteiger charge is -2.13. The molecule has 94 valence electrons. The molecule has 2 unspecified atom stereocenters. The van der Waals surface area contributed by atoms with E-state index in [0.29, 0.717) is 6.04 Å². The van der Waals surface area contributed by atoms with E-state index in [-0.39, 0.29) is 11.5 Å². The summed E-state index contributed by atoms with van der Waals surface area (Å²) < 4.78 is 0. The van der Waals surface area contributed by atoms with Gasteiger partial charge in [0.2, 0.25) is 0 Å². The molecule has 1 aromatic rings. The lowest BCUT2D eigenvalue weighted by molar-refractivity contribution is 0.402. The summed E-state index contributed by atoms with van der Waals surface area (Å²) in [6.45, 7) is 0.750. The highest BCUT2D eigenvalue weighted by Crippen LogP contribution is 2.29. The maximum atomic E-state index is 9.39. The van der Waals surface area contributed by atoms with Crippen molar-refractivity contribution in [2.75, 3.05) is 6.26 Å². The average molecular weight is 253 g/mol. The summed E-state index contributed by atoms with van der Waals surface area (Å²) in [7, 11) is 0. The van der Waals surface area contributed by atoms with Gasteiger partial charge in [-0.2, -0.15) is 11.8 Å². The molecule has 0 saturated heterocycles. The van der Waals surface area contributed by atoms with Gasteiger partial charge in [-0.25, -0.2) is 0 Å². The number of thioether (sulfide) groups is 1. The van der Waals surface area contributed by atoms with Gasteiger partial charge in [0.25, 0.3) is 0 Å². The molecule has 0 aliphatic heterocycles. The average Bonchev–Trinajstić information content (AvgIpc) is 2.79. The summed E-state index contributed by atoms with van der Waals surface area (Å²) in [6, 6.07) is 5.57. The standard InChI is InChI=1S/C13H19NO2S/c1-17-11-4-3-10(7-11)14-8-9-2-5-12(15)13(16)6-9/h2,5-6,10-11,14-16H,3-4,7-8H2,1H3. The van der Waals surface area contributed by atoms with Crippen LogP contribution in [0.2, 0.25) is 0 Å². The first-order valence-electron chi connectivity index (χ1n) is 5.96. The molecule has 1 fully saturated rings. The van der Waals surface area contributed by atoms with Crippen molar-refractivity contribution in [1.29, 1.82) is 0 Å². The second kappa shape index (κ2) is 5.65. The van der Waals surface area contributed by atoms with Crippen molar-refractivity contribution < 1.29 is 10.2 Å². The fourth-order valence-corrected chi connectivity index (χ4v) is 3.08. The molecule has 0 bridgehead atoms. The maximum Gasteiger partial charge on any atom is 0.157 e. The number of phenolic OH excluding ortho intramolecular Hbond substituents is 2. The van der Waals surface area contributed by atoms with E-state index in [4.69, 9.17) is 0 Å². The predicted molar refractivity (Wildman–Crippen MR) is 71.6 cm³/mol. The van der Waals surface area contributed by atoms with Crippen LogP contribution in [0.4, 0.5) is 0 Å². The van der Waals surface area contributed by atoms with Crippen LogP contribution in [0.5, 0.6) is 11.5 Å². The van der Waals surface area contributed by atoms with E-state index in [9.17, 15) is 10.2 Å². The van der Waals surface area contributed by atoms with Gasteiger partial charge in [-0.1, -0.05) is 6.07 Å². The van der Waals surface area contributed by atoms with E-state index in [1.165, 1.54) is 25.3 Å². The van der Waals surface area contributed by atoms with Crippen LogP contribution in [-0.4, -0.2) is 27.8 Å². The van der Waals surface area contributed by atoms with Gasteiger partial charge in [0.05, 0.1) is 0 Å². The lowest BCUT2D eigenvalue weighted by Crippen LogP contribution is -2.26. The monoisotopic (exact) mass is 253 g/mol. The van der Waals surface area contributed by atoms with Crippen LogP contribution in [0, 0.1) is 0 Å². The highest BCUT2D eigenvalue weighted by molar-refractivity contribution is 7.99. The first-order valence-corrected chi connectivity index (χ1v) is 7.25. The van der Waals surface area contributed by atoms with Crippen molar-refractivity contribution in [2.24, 2.45) is 0 Å². The van der Waals surface area contributed by atoms with Gasteiger partial charge in [0.15, 0.2) is 11.5 Å². The zero-order valence-corrected chi connectivity index (χ0v) is 10.8. The number of hydrogen-bond donors (Lipinski definition) is 3. The van der Waals surface area contributed by atoms with Gasteiger partial charge in [0, 0.05) is 17.8 Å². The molecular weight excluding hydrogens is 234 g/mol. The third kappa shape index (κ3) is 3.30. The highest BCUT2D eigenvalue weighted by atomic mass is 32.2. The van der Waals surface area contributed by atoms with Crippen LogP contribution in [0.25, 0.3) is 0 Å². The van der Waals surface area contributed by atoms with Gasteiger partial charge in [-0.05, 0) is 43.2 Å². The second-order valence-corrected chi connectivity index (χ2v) is 5.71. The van der Waals surface area contributed by atoms with Gasteiger partial charge < -0.3 is 15.5 Å². The molecule has 0 radical (unpaired) electrons. The zero-order valence-electron chi connectivity index (χ0n) is 10.0. The molecule has 3 N–H and O–H groups in total. The van der Waals surface area contributed by atoms with E-state index < -0.39 is 0 Å². The Labute approximate surface area is 106 Å². The van der Waals surface area contributed by atoms with Crippen LogP contribution in [-0.2, 0) is 6.54 Å². The molecule has 0 aromatic heterocycles. The Morgan fingerprint density at radius 2 is 2.12 bits per heavy atom. The van der Waals surface area contributed by atoms with Crippen molar-refractivity contribution in [3.8, 4) is 11.5 Å².